The predicted molar refractivity (Wildman–Crippen MR) is 60.3 cm³/mol. The summed E-state index contributed by atoms with van der Waals surface area (Å²) in [6, 6.07) is 0.203. The topological polar surface area (TPSA) is 46.3 Å². The van der Waals surface area contributed by atoms with Gasteiger partial charge in [0.2, 0.25) is 5.91 Å². The van der Waals surface area contributed by atoms with E-state index in [1.807, 2.05) is 4.90 Å². The summed E-state index contributed by atoms with van der Waals surface area (Å²) in [6.45, 7) is 1.61. The van der Waals surface area contributed by atoms with Crippen molar-refractivity contribution in [3.8, 4) is 0 Å². The largest absolute Gasteiger partial charge is 0.341 e. The van der Waals surface area contributed by atoms with E-state index in [4.69, 9.17) is 5.73 Å². The Hall–Kier alpha value is -0.830. The molecule has 1 aliphatic heterocycles. The standard InChI is InChI=1S/C12H20N2O/c13-11-6-7-14(9-11)12(15)8-10-4-2-1-3-5-10/h4,11H,1-3,5-9,13H2/t11-/m0/s1. The lowest BCUT2D eigenvalue weighted by Crippen LogP contribution is -2.32. The van der Waals surface area contributed by atoms with Crippen LogP contribution in [0.3, 0.4) is 0 Å². The molecule has 3 heteroatoms. The van der Waals surface area contributed by atoms with Crippen LogP contribution >= 0.6 is 0 Å². The van der Waals surface area contributed by atoms with Gasteiger partial charge in [-0.3, -0.25) is 4.79 Å². The third-order valence-electron chi connectivity index (χ3n) is 3.34. The van der Waals surface area contributed by atoms with Crippen LogP contribution in [0.2, 0.25) is 0 Å². The molecule has 0 unspecified atom stereocenters. The first-order chi connectivity index (χ1) is 7.25. The molecular formula is C12H20N2O. The maximum atomic E-state index is 11.9. The molecule has 2 aliphatic rings. The van der Waals surface area contributed by atoms with Crippen molar-refractivity contribution < 1.29 is 4.79 Å². The first kappa shape index (κ1) is 10.7. The molecule has 1 fully saturated rings. The number of likely N-dealkylation sites (tertiary alicyclic amines) is 1. The third-order valence-corrected chi connectivity index (χ3v) is 3.34. The quantitative estimate of drug-likeness (QED) is 0.698. The fourth-order valence-electron chi connectivity index (χ4n) is 2.39. The van der Waals surface area contributed by atoms with E-state index in [1.165, 1.54) is 18.4 Å². The highest BCUT2D eigenvalue weighted by Gasteiger charge is 2.23. The molecule has 2 N–H and O–H groups in total. The monoisotopic (exact) mass is 208 g/mol. The van der Waals surface area contributed by atoms with Gasteiger partial charge in [0.15, 0.2) is 0 Å². The first-order valence-electron chi connectivity index (χ1n) is 5.97. The van der Waals surface area contributed by atoms with E-state index in [-0.39, 0.29) is 11.9 Å². The number of hydrogen-bond donors (Lipinski definition) is 1. The zero-order valence-corrected chi connectivity index (χ0v) is 9.24. The van der Waals surface area contributed by atoms with Crippen molar-refractivity contribution in [2.75, 3.05) is 13.1 Å². The highest BCUT2D eigenvalue weighted by atomic mass is 16.2. The van der Waals surface area contributed by atoms with E-state index in [0.29, 0.717) is 6.42 Å². The lowest BCUT2D eigenvalue weighted by atomic mass is 9.97. The van der Waals surface area contributed by atoms with Crippen LogP contribution in [0.4, 0.5) is 0 Å². The van der Waals surface area contributed by atoms with Gasteiger partial charge in [-0.1, -0.05) is 11.6 Å². The third kappa shape index (κ3) is 2.81. The van der Waals surface area contributed by atoms with Gasteiger partial charge < -0.3 is 10.6 Å². The Balaban J connectivity index is 1.83. The van der Waals surface area contributed by atoms with E-state index in [1.54, 1.807) is 0 Å². The molecule has 1 atom stereocenters. The molecule has 15 heavy (non-hydrogen) atoms. The summed E-state index contributed by atoms with van der Waals surface area (Å²) >= 11 is 0. The second-order valence-electron chi connectivity index (χ2n) is 4.67. The van der Waals surface area contributed by atoms with Crippen LogP contribution in [-0.4, -0.2) is 29.9 Å². The van der Waals surface area contributed by atoms with Crippen molar-refractivity contribution in [1.82, 2.24) is 4.90 Å². The summed E-state index contributed by atoms with van der Waals surface area (Å²) in [6.07, 6.45) is 8.65. The van der Waals surface area contributed by atoms with Crippen molar-refractivity contribution in [3.05, 3.63) is 11.6 Å². The molecule has 0 spiro atoms. The van der Waals surface area contributed by atoms with Crippen molar-refractivity contribution in [3.63, 3.8) is 0 Å². The van der Waals surface area contributed by atoms with Crippen molar-refractivity contribution >= 4 is 5.91 Å². The molecule has 0 aromatic heterocycles. The Morgan fingerprint density at radius 3 is 3.00 bits per heavy atom. The highest BCUT2D eigenvalue weighted by Crippen LogP contribution is 2.21. The van der Waals surface area contributed by atoms with Gasteiger partial charge in [-0.15, -0.1) is 0 Å². The number of amides is 1. The Labute approximate surface area is 91.3 Å². The summed E-state index contributed by atoms with van der Waals surface area (Å²) in [7, 11) is 0. The Morgan fingerprint density at radius 1 is 1.53 bits per heavy atom. The Kier molecular flexibility index (Phi) is 3.41. The van der Waals surface area contributed by atoms with Crippen LogP contribution in [0.15, 0.2) is 11.6 Å². The molecule has 1 aliphatic carbocycles. The van der Waals surface area contributed by atoms with Gasteiger partial charge in [-0.05, 0) is 32.1 Å². The molecule has 1 heterocycles. The number of carbonyl (C=O) groups is 1. The molecule has 0 bridgehead atoms. The number of nitrogens with two attached hydrogens (primary N) is 1. The molecule has 2 rings (SSSR count). The lowest BCUT2D eigenvalue weighted by molar-refractivity contribution is -0.129. The molecule has 0 saturated carbocycles. The zero-order chi connectivity index (χ0) is 10.7. The SMILES string of the molecule is N[C@H]1CCN(C(=O)CC2=CCCCC2)C1. The van der Waals surface area contributed by atoms with Gasteiger partial charge in [-0.25, -0.2) is 0 Å². The highest BCUT2D eigenvalue weighted by molar-refractivity contribution is 5.79. The number of carbonyl (C=O) groups excluding carboxylic acids is 1. The normalized spacial score (nSPS) is 26.6. The molecule has 84 valence electrons. The minimum Gasteiger partial charge on any atom is -0.341 e. The van der Waals surface area contributed by atoms with Crippen molar-refractivity contribution in [1.29, 1.82) is 0 Å². The fraction of sp³-hybridized carbons (Fsp3) is 0.750. The van der Waals surface area contributed by atoms with Gasteiger partial charge >= 0.3 is 0 Å². The van der Waals surface area contributed by atoms with Crippen molar-refractivity contribution in [2.45, 2.75) is 44.6 Å². The van der Waals surface area contributed by atoms with Gasteiger partial charge in [0.1, 0.15) is 0 Å². The lowest BCUT2D eigenvalue weighted by Gasteiger charge is -2.18. The van der Waals surface area contributed by atoms with Gasteiger partial charge in [-0.2, -0.15) is 0 Å². The molecule has 1 saturated heterocycles. The summed E-state index contributed by atoms with van der Waals surface area (Å²) in [5, 5.41) is 0. The van der Waals surface area contributed by atoms with Crippen LogP contribution in [0.1, 0.15) is 38.5 Å². The molecule has 0 radical (unpaired) electrons. The van der Waals surface area contributed by atoms with E-state index >= 15 is 0 Å². The molecular weight excluding hydrogens is 188 g/mol. The van der Waals surface area contributed by atoms with Gasteiger partial charge in [0, 0.05) is 25.6 Å². The average Bonchev–Trinajstić information content (AvgIpc) is 2.66. The minimum absolute atomic E-state index is 0.203. The average molecular weight is 208 g/mol. The molecule has 3 nitrogen and oxygen atoms in total. The number of nitrogens with zero attached hydrogens (tertiary/aromatic N) is 1. The fourth-order valence-corrected chi connectivity index (χ4v) is 2.39. The van der Waals surface area contributed by atoms with Crippen LogP contribution in [0, 0.1) is 0 Å². The maximum Gasteiger partial charge on any atom is 0.226 e. The van der Waals surface area contributed by atoms with Gasteiger partial charge in [0.25, 0.3) is 0 Å². The smallest absolute Gasteiger partial charge is 0.226 e. The first-order valence-corrected chi connectivity index (χ1v) is 5.97. The van der Waals surface area contributed by atoms with Crippen molar-refractivity contribution in [2.24, 2.45) is 5.73 Å². The summed E-state index contributed by atoms with van der Waals surface area (Å²) in [5.74, 6) is 0.274. The van der Waals surface area contributed by atoms with Crippen LogP contribution in [0.25, 0.3) is 0 Å². The number of rotatable bonds is 2. The maximum absolute atomic E-state index is 11.9. The Bertz CT molecular complexity index is 273. The van der Waals surface area contributed by atoms with Crippen LogP contribution in [-0.2, 0) is 4.79 Å². The summed E-state index contributed by atoms with van der Waals surface area (Å²) in [5.41, 5.74) is 7.13. The second-order valence-corrected chi connectivity index (χ2v) is 4.67. The van der Waals surface area contributed by atoms with E-state index in [9.17, 15) is 4.79 Å². The summed E-state index contributed by atoms with van der Waals surface area (Å²) < 4.78 is 0. The molecule has 0 aromatic rings. The van der Waals surface area contributed by atoms with E-state index in [2.05, 4.69) is 6.08 Å². The minimum atomic E-state index is 0.203. The van der Waals surface area contributed by atoms with Crippen LogP contribution < -0.4 is 5.73 Å². The Morgan fingerprint density at radius 2 is 2.40 bits per heavy atom. The predicted octanol–water partition coefficient (Wildman–Crippen LogP) is 1.44. The molecule has 1 amide bonds. The zero-order valence-electron chi connectivity index (χ0n) is 9.24. The second kappa shape index (κ2) is 4.79. The van der Waals surface area contributed by atoms with E-state index in [0.717, 1.165) is 32.4 Å². The van der Waals surface area contributed by atoms with Crippen LogP contribution in [0.5, 0.6) is 0 Å². The molecule has 0 aromatic carbocycles. The summed E-state index contributed by atoms with van der Waals surface area (Å²) in [4.78, 5) is 13.8. The van der Waals surface area contributed by atoms with E-state index < -0.39 is 0 Å². The number of allylic oxidation sites excluding steroid dienone is 1. The van der Waals surface area contributed by atoms with Gasteiger partial charge in [0.05, 0.1) is 0 Å². The number of hydrogen-bond acceptors (Lipinski definition) is 2.